The predicted octanol–water partition coefficient (Wildman–Crippen LogP) is 3.81. The molecule has 3 aromatic rings. The predicted molar refractivity (Wildman–Crippen MR) is 97.8 cm³/mol. The van der Waals surface area contributed by atoms with Gasteiger partial charge in [-0.15, -0.1) is 0 Å². The molecule has 2 heterocycles. The number of nitrogens with one attached hydrogen (secondary N) is 1. The number of fused-ring (bicyclic) bond motifs is 3. The van der Waals surface area contributed by atoms with Gasteiger partial charge in [-0.25, -0.2) is 4.79 Å². The molecule has 1 unspecified atom stereocenters. The van der Waals surface area contributed by atoms with Crippen LogP contribution in [0.3, 0.4) is 0 Å². The number of ether oxygens (including phenoxy) is 1. The SMILES string of the molecule is CC(=O)NC1Oc2ccc(C)cc2-c2oc(=O)c(-c3ccccc3)cc21. The van der Waals surface area contributed by atoms with Crippen molar-refractivity contribution in [1.82, 2.24) is 5.32 Å². The molecule has 1 atom stereocenters. The van der Waals surface area contributed by atoms with E-state index in [-0.39, 0.29) is 5.91 Å². The monoisotopic (exact) mass is 347 g/mol. The molecule has 1 aliphatic rings. The zero-order valence-corrected chi connectivity index (χ0v) is 14.4. The van der Waals surface area contributed by atoms with Gasteiger partial charge in [-0.3, -0.25) is 4.79 Å². The van der Waals surface area contributed by atoms with Crippen molar-refractivity contribution in [1.29, 1.82) is 0 Å². The smallest absolute Gasteiger partial charge is 0.344 e. The molecule has 0 aliphatic carbocycles. The second-order valence-corrected chi connectivity index (χ2v) is 6.30. The molecule has 1 aliphatic heterocycles. The Bertz CT molecular complexity index is 1050. The summed E-state index contributed by atoms with van der Waals surface area (Å²) < 4.78 is 11.7. The van der Waals surface area contributed by atoms with Gasteiger partial charge >= 0.3 is 5.63 Å². The lowest BCUT2D eigenvalue weighted by Crippen LogP contribution is -2.33. The van der Waals surface area contributed by atoms with Crippen LogP contribution in [0, 0.1) is 6.92 Å². The Morgan fingerprint density at radius 2 is 1.81 bits per heavy atom. The number of carbonyl (C=O) groups excluding carboxylic acids is 1. The van der Waals surface area contributed by atoms with Crippen LogP contribution < -0.4 is 15.7 Å². The quantitative estimate of drug-likeness (QED) is 0.765. The van der Waals surface area contributed by atoms with E-state index >= 15 is 0 Å². The van der Waals surface area contributed by atoms with Crippen LogP contribution in [0.1, 0.15) is 24.3 Å². The van der Waals surface area contributed by atoms with E-state index in [1.54, 1.807) is 6.07 Å². The van der Waals surface area contributed by atoms with Gasteiger partial charge in [0.15, 0.2) is 5.76 Å². The molecule has 4 rings (SSSR count). The summed E-state index contributed by atoms with van der Waals surface area (Å²) in [6, 6.07) is 16.6. The Morgan fingerprint density at radius 3 is 2.54 bits per heavy atom. The van der Waals surface area contributed by atoms with Gasteiger partial charge in [-0.2, -0.15) is 0 Å². The van der Waals surface area contributed by atoms with E-state index in [0.717, 1.165) is 11.1 Å². The molecule has 130 valence electrons. The second-order valence-electron chi connectivity index (χ2n) is 6.30. The summed E-state index contributed by atoms with van der Waals surface area (Å²) in [6.45, 7) is 3.38. The largest absolute Gasteiger partial charge is 0.465 e. The van der Waals surface area contributed by atoms with Crippen LogP contribution in [-0.2, 0) is 4.79 Å². The molecule has 1 N–H and O–H groups in total. The number of benzene rings is 2. The molecule has 0 spiro atoms. The first-order valence-corrected chi connectivity index (χ1v) is 8.31. The van der Waals surface area contributed by atoms with Crippen molar-refractivity contribution in [3.8, 4) is 28.2 Å². The highest BCUT2D eigenvalue weighted by atomic mass is 16.5. The Balaban J connectivity index is 1.95. The summed E-state index contributed by atoms with van der Waals surface area (Å²) in [7, 11) is 0. The van der Waals surface area contributed by atoms with Crippen molar-refractivity contribution in [2.24, 2.45) is 0 Å². The van der Waals surface area contributed by atoms with E-state index in [1.165, 1.54) is 6.92 Å². The van der Waals surface area contributed by atoms with Crippen molar-refractivity contribution in [3.63, 3.8) is 0 Å². The molecule has 0 fully saturated rings. The minimum Gasteiger partial charge on any atom is -0.465 e. The number of rotatable bonds is 2. The van der Waals surface area contributed by atoms with Crippen LogP contribution in [-0.4, -0.2) is 5.91 Å². The molecule has 5 heteroatoms. The summed E-state index contributed by atoms with van der Waals surface area (Å²) in [5.74, 6) is 0.764. The first-order chi connectivity index (χ1) is 12.5. The summed E-state index contributed by atoms with van der Waals surface area (Å²) in [6.07, 6.45) is -0.718. The zero-order chi connectivity index (χ0) is 18.3. The number of hydrogen-bond donors (Lipinski definition) is 1. The molecular weight excluding hydrogens is 330 g/mol. The summed E-state index contributed by atoms with van der Waals surface area (Å²) in [5.41, 5.74) is 3.10. The van der Waals surface area contributed by atoms with Crippen molar-refractivity contribution in [2.45, 2.75) is 20.1 Å². The highest BCUT2D eigenvalue weighted by molar-refractivity contribution is 5.77. The van der Waals surface area contributed by atoms with Crippen molar-refractivity contribution in [3.05, 3.63) is 76.1 Å². The lowest BCUT2D eigenvalue weighted by atomic mass is 9.97. The molecular formula is C21H17NO4. The second kappa shape index (κ2) is 6.19. The number of aryl methyl sites for hydroxylation is 1. The van der Waals surface area contributed by atoms with Crippen molar-refractivity contribution < 1.29 is 13.9 Å². The van der Waals surface area contributed by atoms with Crippen LogP contribution in [0.2, 0.25) is 0 Å². The van der Waals surface area contributed by atoms with Crippen LogP contribution in [0.25, 0.3) is 22.5 Å². The van der Waals surface area contributed by atoms with E-state index < -0.39 is 11.9 Å². The topological polar surface area (TPSA) is 68.5 Å². The van der Waals surface area contributed by atoms with Gasteiger partial charge in [0.25, 0.3) is 0 Å². The fourth-order valence-corrected chi connectivity index (χ4v) is 3.12. The lowest BCUT2D eigenvalue weighted by molar-refractivity contribution is -0.121. The Kier molecular flexibility index (Phi) is 3.84. The maximum absolute atomic E-state index is 12.6. The molecule has 26 heavy (non-hydrogen) atoms. The van der Waals surface area contributed by atoms with E-state index in [0.29, 0.717) is 28.2 Å². The van der Waals surface area contributed by atoms with E-state index in [1.807, 2.05) is 55.5 Å². The van der Waals surface area contributed by atoms with Crippen LogP contribution in [0.15, 0.2) is 63.8 Å². The van der Waals surface area contributed by atoms with Gasteiger partial charge in [0.1, 0.15) is 5.75 Å². The first-order valence-electron chi connectivity index (χ1n) is 8.31. The third-order valence-corrected chi connectivity index (χ3v) is 4.30. The summed E-state index contributed by atoms with van der Waals surface area (Å²) in [5, 5.41) is 2.77. The third kappa shape index (κ3) is 2.77. The van der Waals surface area contributed by atoms with Gasteiger partial charge in [-0.05, 0) is 30.7 Å². The molecule has 0 bridgehead atoms. The maximum Gasteiger partial charge on any atom is 0.344 e. The minimum absolute atomic E-state index is 0.232. The molecule has 0 saturated carbocycles. The average molecular weight is 347 g/mol. The number of hydrogen-bond acceptors (Lipinski definition) is 4. The van der Waals surface area contributed by atoms with Gasteiger partial charge in [-0.1, -0.05) is 42.0 Å². The van der Waals surface area contributed by atoms with Crippen LogP contribution in [0.4, 0.5) is 0 Å². The van der Waals surface area contributed by atoms with Gasteiger partial charge < -0.3 is 14.5 Å². The van der Waals surface area contributed by atoms with Crippen molar-refractivity contribution in [2.75, 3.05) is 0 Å². The molecule has 1 aromatic heterocycles. The average Bonchev–Trinajstić information content (AvgIpc) is 2.62. The molecule has 5 nitrogen and oxygen atoms in total. The number of carbonyl (C=O) groups is 1. The lowest BCUT2D eigenvalue weighted by Gasteiger charge is -2.28. The highest BCUT2D eigenvalue weighted by Crippen LogP contribution is 2.42. The fourth-order valence-electron chi connectivity index (χ4n) is 3.12. The fraction of sp³-hybridized carbons (Fsp3) is 0.143. The zero-order valence-electron chi connectivity index (χ0n) is 14.4. The van der Waals surface area contributed by atoms with Crippen molar-refractivity contribution >= 4 is 5.91 Å². The molecule has 1 amide bonds. The Labute approximate surface area is 150 Å². The standard InChI is InChI=1S/C21H17NO4/c1-12-8-9-18-16(10-12)19-17(20(25-18)22-13(2)23)11-15(21(24)26-19)14-6-4-3-5-7-14/h3-11,20H,1-2H3,(H,22,23). The Hall–Kier alpha value is -3.34. The van der Waals surface area contributed by atoms with Crippen LogP contribution in [0.5, 0.6) is 5.75 Å². The summed E-state index contributed by atoms with van der Waals surface area (Å²) in [4.78, 5) is 24.2. The molecule has 0 radical (unpaired) electrons. The normalized spacial score (nSPS) is 14.8. The van der Waals surface area contributed by atoms with E-state index in [9.17, 15) is 9.59 Å². The van der Waals surface area contributed by atoms with Gasteiger partial charge in [0.05, 0.1) is 16.7 Å². The maximum atomic E-state index is 12.6. The highest BCUT2D eigenvalue weighted by Gasteiger charge is 2.30. The minimum atomic E-state index is -0.718. The molecule has 0 saturated heterocycles. The number of amides is 1. The van der Waals surface area contributed by atoms with Gasteiger partial charge in [0, 0.05) is 6.92 Å². The van der Waals surface area contributed by atoms with E-state index in [4.69, 9.17) is 9.15 Å². The Morgan fingerprint density at radius 1 is 1.04 bits per heavy atom. The van der Waals surface area contributed by atoms with Gasteiger partial charge in [0.2, 0.25) is 12.1 Å². The first kappa shape index (κ1) is 16.1. The summed E-state index contributed by atoms with van der Waals surface area (Å²) >= 11 is 0. The third-order valence-electron chi connectivity index (χ3n) is 4.30. The van der Waals surface area contributed by atoms with Crippen LogP contribution >= 0.6 is 0 Å². The van der Waals surface area contributed by atoms with E-state index in [2.05, 4.69) is 5.32 Å². The molecule has 2 aromatic carbocycles.